The van der Waals surface area contributed by atoms with Crippen molar-refractivity contribution in [3.8, 4) is 17.1 Å². The van der Waals surface area contributed by atoms with Gasteiger partial charge in [0.15, 0.2) is 11.6 Å². The number of hydrogen-bond acceptors (Lipinski definition) is 6. The molecule has 2 N–H and O–H groups in total. The van der Waals surface area contributed by atoms with E-state index in [4.69, 9.17) is 10.5 Å². The third kappa shape index (κ3) is 2.33. The van der Waals surface area contributed by atoms with Gasteiger partial charge in [-0.05, 0) is 25.0 Å². The van der Waals surface area contributed by atoms with Crippen molar-refractivity contribution < 1.29 is 9.66 Å². The summed E-state index contributed by atoms with van der Waals surface area (Å²) in [6.45, 7) is 0.293. The van der Waals surface area contributed by atoms with Gasteiger partial charge >= 0.3 is 5.69 Å². The van der Waals surface area contributed by atoms with Crippen LogP contribution in [-0.2, 0) is 6.54 Å². The minimum atomic E-state index is -0.468. The normalized spacial score (nSPS) is 14.2. The average Bonchev–Trinajstić information content (AvgIpc) is 3.25. The number of ether oxygens (including phenoxy) is 1. The van der Waals surface area contributed by atoms with E-state index in [1.807, 2.05) is 4.57 Å². The van der Waals surface area contributed by atoms with E-state index in [2.05, 4.69) is 10.2 Å². The van der Waals surface area contributed by atoms with E-state index in [1.165, 1.54) is 13.2 Å². The Morgan fingerprint density at radius 2 is 2.24 bits per heavy atom. The Morgan fingerprint density at radius 3 is 2.81 bits per heavy atom. The number of benzene rings is 1. The third-order valence-electron chi connectivity index (χ3n) is 3.49. The number of nitrogens with two attached hydrogens (primary N) is 1. The van der Waals surface area contributed by atoms with Crippen molar-refractivity contribution in [1.82, 2.24) is 14.8 Å². The van der Waals surface area contributed by atoms with E-state index in [1.54, 1.807) is 12.1 Å². The Hall–Kier alpha value is -2.48. The van der Waals surface area contributed by atoms with Crippen LogP contribution in [0.15, 0.2) is 18.2 Å². The van der Waals surface area contributed by atoms with Crippen molar-refractivity contribution in [3.63, 3.8) is 0 Å². The first-order valence-corrected chi connectivity index (χ1v) is 6.62. The smallest absolute Gasteiger partial charge is 0.311 e. The van der Waals surface area contributed by atoms with Crippen molar-refractivity contribution in [3.05, 3.63) is 34.1 Å². The van der Waals surface area contributed by atoms with E-state index >= 15 is 0 Å². The van der Waals surface area contributed by atoms with Gasteiger partial charge < -0.3 is 15.0 Å². The number of nitro benzene ring substituents is 1. The van der Waals surface area contributed by atoms with Crippen LogP contribution in [0.4, 0.5) is 5.69 Å². The number of hydrogen-bond donors (Lipinski definition) is 1. The highest BCUT2D eigenvalue weighted by Gasteiger charge is 2.30. The summed E-state index contributed by atoms with van der Waals surface area (Å²) in [4.78, 5) is 10.7. The molecule has 1 saturated carbocycles. The predicted molar refractivity (Wildman–Crippen MR) is 74.8 cm³/mol. The van der Waals surface area contributed by atoms with Crippen LogP contribution in [0.2, 0.25) is 0 Å². The topological polar surface area (TPSA) is 109 Å². The highest BCUT2D eigenvalue weighted by Crippen LogP contribution is 2.40. The SMILES string of the molecule is COc1ccc(-c2nnc(CN)n2C2CC2)cc1[N+](=O)[O-]. The molecular weight excluding hydrogens is 274 g/mol. The van der Waals surface area contributed by atoms with Crippen molar-refractivity contribution >= 4 is 5.69 Å². The molecule has 1 fully saturated rings. The molecule has 110 valence electrons. The van der Waals surface area contributed by atoms with E-state index in [-0.39, 0.29) is 11.4 Å². The van der Waals surface area contributed by atoms with Gasteiger partial charge in [-0.25, -0.2) is 0 Å². The zero-order valence-corrected chi connectivity index (χ0v) is 11.5. The molecule has 1 aromatic heterocycles. The van der Waals surface area contributed by atoms with Crippen LogP contribution >= 0.6 is 0 Å². The minimum absolute atomic E-state index is 0.0883. The molecule has 8 nitrogen and oxygen atoms in total. The van der Waals surface area contributed by atoms with Gasteiger partial charge in [-0.2, -0.15) is 0 Å². The highest BCUT2D eigenvalue weighted by atomic mass is 16.6. The van der Waals surface area contributed by atoms with Crippen LogP contribution in [-0.4, -0.2) is 26.8 Å². The lowest BCUT2D eigenvalue weighted by Gasteiger charge is -2.09. The summed E-state index contributed by atoms with van der Waals surface area (Å²) in [7, 11) is 1.40. The van der Waals surface area contributed by atoms with Crippen LogP contribution < -0.4 is 10.5 Å². The van der Waals surface area contributed by atoms with Crippen LogP contribution in [0.25, 0.3) is 11.4 Å². The third-order valence-corrected chi connectivity index (χ3v) is 3.49. The van der Waals surface area contributed by atoms with Gasteiger partial charge in [-0.15, -0.1) is 10.2 Å². The Labute approximate surface area is 120 Å². The lowest BCUT2D eigenvalue weighted by atomic mass is 10.1. The summed E-state index contributed by atoms with van der Waals surface area (Å²) in [6, 6.07) is 5.12. The highest BCUT2D eigenvalue weighted by molar-refractivity contribution is 5.64. The molecule has 21 heavy (non-hydrogen) atoms. The summed E-state index contributed by atoms with van der Waals surface area (Å²) in [5, 5.41) is 19.3. The molecule has 3 rings (SSSR count). The second kappa shape index (κ2) is 5.13. The zero-order chi connectivity index (χ0) is 15.0. The fourth-order valence-electron chi connectivity index (χ4n) is 2.35. The molecule has 0 atom stereocenters. The van der Waals surface area contributed by atoms with Crippen LogP contribution in [0.5, 0.6) is 5.75 Å². The summed E-state index contributed by atoms with van der Waals surface area (Å²) in [5.41, 5.74) is 6.23. The number of aromatic nitrogens is 3. The second-order valence-corrected chi connectivity index (χ2v) is 4.89. The van der Waals surface area contributed by atoms with Crippen molar-refractivity contribution in [2.24, 2.45) is 5.73 Å². The van der Waals surface area contributed by atoms with Gasteiger partial charge in [0, 0.05) is 17.7 Å². The lowest BCUT2D eigenvalue weighted by molar-refractivity contribution is -0.385. The quantitative estimate of drug-likeness (QED) is 0.662. The molecule has 1 aliphatic carbocycles. The van der Waals surface area contributed by atoms with E-state index in [9.17, 15) is 10.1 Å². The van der Waals surface area contributed by atoms with Gasteiger partial charge in [-0.3, -0.25) is 10.1 Å². The Kier molecular flexibility index (Phi) is 3.30. The Morgan fingerprint density at radius 1 is 1.48 bits per heavy atom. The first-order valence-electron chi connectivity index (χ1n) is 6.62. The fraction of sp³-hybridized carbons (Fsp3) is 0.385. The van der Waals surface area contributed by atoms with Crippen LogP contribution in [0, 0.1) is 10.1 Å². The molecule has 0 spiro atoms. The summed E-state index contributed by atoms with van der Waals surface area (Å²) >= 11 is 0. The van der Waals surface area contributed by atoms with Gasteiger partial charge in [-0.1, -0.05) is 0 Å². The van der Waals surface area contributed by atoms with E-state index < -0.39 is 4.92 Å². The molecule has 8 heteroatoms. The lowest BCUT2D eigenvalue weighted by Crippen LogP contribution is -2.08. The largest absolute Gasteiger partial charge is 0.490 e. The molecule has 0 radical (unpaired) electrons. The van der Waals surface area contributed by atoms with Gasteiger partial charge in [0.1, 0.15) is 5.82 Å². The zero-order valence-electron chi connectivity index (χ0n) is 11.5. The summed E-state index contributed by atoms with van der Waals surface area (Å²) in [5.74, 6) is 1.54. The first-order chi connectivity index (χ1) is 10.2. The predicted octanol–water partition coefficient (Wildman–Crippen LogP) is 1.66. The molecule has 1 aromatic carbocycles. The maximum Gasteiger partial charge on any atom is 0.311 e. The Bertz CT molecular complexity index is 693. The molecule has 0 saturated heterocycles. The van der Waals surface area contributed by atoms with E-state index in [0.29, 0.717) is 29.8 Å². The van der Waals surface area contributed by atoms with Crippen molar-refractivity contribution in [2.75, 3.05) is 7.11 Å². The first kappa shape index (κ1) is 13.5. The summed E-state index contributed by atoms with van der Waals surface area (Å²) in [6.07, 6.45) is 2.10. The maximum atomic E-state index is 11.1. The standard InChI is InChI=1S/C13H15N5O3/c1-21-11-5-2-8(6-10(11)18(19)20)13-16-15-12(7-14)17(13)9-3-4-9/h2,5-6,9H,3-4,7,14H2,1H3. The van der Waals surface area contributed by atoms with Crippen LogP contribution in [0.3, 0.4) is 0 Å². The molecule has 1 heterocycles. The monoisotopic (exact) mass is 289 g/mol. The molecule has 1 aliphatic rings. The fourth-order valence-corrected chi connectivity index (χ4v) is 2.35. The summed E-state index contributed by atoms with van der Waals surface area (Å²) < 4.78 is 6.99. The van der Waals surface area contributed by atoms with Crippen molar-refractivity contribution in [2.45, 2.75) is 25.4 Å². The number of nitrogens with zero attached hydrogens (tertiary/aromatic N) is 4. The average molecular weight is 289 g/mol. The van der Waals surface area contributed by atoms with Gasteiger partial charge in [0.2, 0.25) is 0 Å². The minimum Gasteiger partial charge on any atom is -0.490 e. The number of rotatable bonds is 5. The maximum absolute atomic E-state index is 11.1. The second-order valence-electron chi connectivity index (χ2n) is 4.89. The molecule has 0 bridgehead atoms. The molecule has 0 amide bonds. The molecular formula is C13H15N5O3. The van der Waals surface area contributed by atoms with E-state index in [0.717, 1.165) is 12.8 Å². The molecule has 0 unspecified atom stereocenters. The molecule has 0 aliphatic heterocycles. The number of methoxy groups -OCH3 is 1. The van der Waals surface area contributed by atoms with Gasteiger partial charge in [0.05, 0.1) is 18.6 Å². The molecule has 2 aromatic rings. The van der Waals surface area contributed by atoms with Crippen LogP contribution in [0.1, 0.15) is 24.7 Å². The number of nitro groups is 1. The van der Waals surface area contributed by atoms with Crippen molar-refractivity contribution in [1.29, 1.82) is 0 Å². The van der Waals surface area contributed by atoms with Gasteiger partial charge in [0.25, 0.3) is 0 Å². The Balaban J connectivity index is 2.10.